The zero-order valence-corrected chi connectivity index (χ0v) is 12.5. The van der Waals surface area contributed by atoms with Crippen LogP contribution in [-0.2, 0) is 25.9 Å². The van der Waals surface area contributed by atoms with Crippen LogP contribution >= 0.6 is 0 Å². The Morgan fingerprint density at radius 1 is 1.24 bits per heavy atom. The van der Waals surface area contributed by atoms with E-state index in [1.807, 2.05) is 26.0 Å². The lowest BCUT2D eigenvalue weighted by Gasteiger charge is -2.06. The van der Waals surface area contributed by atoms with E-state index in [0.717, 1.165) is 35.4 Å². The van der Waals surface area contributed by atoms with Crippen LogP contribution in [0.15, 0.2) is 28.8 Å². The SMILES string of the molecule is CCc1noc(CC)c1CNC(=O)c1ccc(CN)cc1. The monoisotopic (exact) mass is 287 g/mol. The summed E-state index contributed by atoms with van der Waals surface area (Å²) in [5.41, 5.74) is 9.08. The minimum atomic E-state index is -0.108. The van der Waals surface area contributed by atoms with E-state index in [2.05, 4.69) is 10.5 Å². The smallest absolute Gasteiger partial charge is 0.251 e. The maximum atomic E-state index is 12.1. The fourth-order valence-corrected chi connectivity index (χ4v) is 2.20. The molecule has 1 aromatic carbocycles. The molecule has 0 aliphatic carbocycles. The number of carbonyl (C=O) groups excluding carboxylic acids is 1. The second-order valence-corrected chi connectivity index (χ2v) is 4.82. The Balaban J connectivity index is 2.05. The van der Waals surface area contributed by atoms with Gasteiger partial charge in [0.2, 0.25) is 0 Å². The number of rotatable bonds is 6. The van der Waals surface area contributed by atoms with E-state index < -0.39 is 0 Å². The molecule has 1 amide bonds. The van der Waals surface area contributed by atoms with Crippen LogP contribution in [0.2, 0.25) is 0 Å². The number of nitrogens with zero attached hydrogens (tertiary/aromatic N) is 1. The van der Waals surface area contributed by atoms with Crippen molar-refractivity contribution in [3.05, 3.63) is 52.4 Å². The molecule has 1 aromatic heterocycles. The van der Waals surface area contributed by atoms with Crippen molar-refractivity contribution in [2.75, 3.05) is 0 Å². The topological polar surface area (TPSA) is 81.2 Å². The first-order chi connectivity index (χ1) is 10.2. The zero-order valence-electron chi connectivity index (χ0n) is 12.5. The molecule has 0 spiro atoms. The number of carbonyl (C=O) groups is 1. The number of nitrogens with one attached hydrogen (secondary N) is 1. The van der Waals surface area contributed by atoms with E-state index >= 15 is 0 Å². The van der Waals surface area contributed by atoms with Gasteiger partial charge in [0.15, 0.2) is 0 Å². The summed E-state index contributed by atoms with van der Waals surface area (Å²) in [6, 6.07) is 7.30. The molecule has 5 nitrogen and oxygen atoms in total. The molecule has 0 atom stereocenters. The number of nitrogens with two attached hydrogens (primary N) is 1. The molecule has 5 heteroatoms. The predicted octanol–water partition coefficient (Wildman–Crippen LogP) is 2.19. The first-order valence-electron chi connectivity index (χ1n) is 7.23. The van der Waals surface area contributed by atoms with E-state index in [0.29, 0.717) is 18.7 Å². The lowest BCUT2D eigenvalue weighted by molar-refractivity contribution is 0.0950. The molecule has 112 valence electrons. The molecule has 0 radical (unpaired) electrons. The van der Waals surface area contributed by atoms with Crippen molar-refractivity contribution < 1.29 is 9.32 Å². The summed E-state index contributed by atoms with van der Waals surface area (Å²) in [6.45, 7) is 4.95. The molecule has 0 unspecified atom stereocenters. The van der Waals surface area contributed by atoms with Gasteiger partial charge in [0, 0.05) is 30.6 Å². The van der Waals surface area contributed by atoms with E-state index in [4.69, 9.17) is 10.3 Å². The van der Waals surface area contributed by atoms with Crippen LogP contribution in [-0.4, -0.2) is 11.1 Å². The van der Waals surface area contributed by atoms with E-state index in [1.54, 1.807) is 12.1 Å². The molecule has 0 aliphatic heterocycles. The highest BCUT2D eigenvalue weighted by Gasteiger charge is 2.14. The molecule has 0 aliphatic rings. The third kappa shape index (κ3) is 3.49. The van der Waals surface area contributed by atoms with Crippen molar-refractivity contribution in [1.29, 1.82) is 0 Å². The fourth-order valence-electron chi connectivity index (χ4n) is 2.20. The third-order valence-electron chi connectivity index (χ3n) is 3.48. The van der Waals surface area contributed by atoms with Crippen LogP contribution < -0.4 is 11.1 Å². The number of aromatic nitrogens is 1. The van der Waals surface area contributed by atoms with Crippen LogP contribution in [0.3, 0.4) is 0 Å². The normalized spacial score (nSPS) is 10.6. The minimum absolute atomic E-state index is 0.108. The van der Waals surface area contributed by atoms with Crippen molar-refractivity contribution in [2.24, 2.45) is 5.73 Å². The number of hydrogen-bond acceptors (Lipinski definition) is 4. The average molecular weight is 287 g/mol. The number of benzene rings is 1. The van der Waals surface area contributed by atoms with Crippen LogP contribution in [0.1, 0.15) is 46.8 Å². The number of hydrogen-bond donors (Lipinski definition) is 2. The molecule has 2 aromatic rings. The molecule has 2 rings (SSSR count). The van der Waals surface area contributed by atoms with Crippen molar-refractivity contribution in [1.82, 2.24) is 10.5 Å². The molecular formula is C16H21N3O2. The Kier molecular flexibility index (Phi) is 5.11. The van der Waals surface area contributed by atoms with Gasteiger partial charge in [-0.05, 0) is 24.1 Å². The van der Waals surface area contributed by atoms with Crippen LogP contribution in [0.25, 0.3) is 0 Å². The Labute approximate surface area is 124 Å². The van der Waals surface area contributed by atoms with E-state index in [1.165, 1.54) is 0 Å². The standard InChI is InChI=1S/C16H21N3O2/c1-3-14-13(15(4-2)21-19-14)10-18-16(20)12-7-5-11(9-17)6-8-12/h5-8H,3-4,9-10,17H2,1-2H3,(H,18,20). The van der Waals surface area contributed by atoms with Gasteiger partial charge in [-0.3, -0.25) is 4.79 Å². The first-order valence-corrected chi connectivity index (χ1v) is 7.23. The molecule has 0 bridgehead atoms. The van der Waals surface area contributed by atoms with Gasteiger partial charge in [-0.15, -0.1) is 0 Å². The number of aryl methyl sites for hydroxylation is 2. The molecular weight excluding hydrogens is 266 g/mol. The summed E-state index contributed by atoms with van der Waals surface area (Å²) < 4.78 is 5.29. The maximum Gasteiger partial charge on any atom is 0.251 e. The Morgan fingerprint density at radius 3 is 2.52 bits per heavy atom. The quantitative estimate of drug-likeness (QED) is 0.853. The Hall–Kier alpha value is -2.14. The second-order valence-electron chi connectivity index (χ2n) is 4.82. The van der Waals surface area contributed by atoms with Gasteiger partial charge in [-0.1, -0.05) is 31.1 Å². The van der Waals surface area contributed by atoms with Crippen molar-refractivity contribution in [2.45, 2.75) is 39.8 Å². The fraction of sp³-hybridized carbons (Fsp3) is 0.375. The summed E-state index contributed by atoms with van der Waals surface area (Å²) >= 11 is 0. The van der Waals surface area contributed by atoms with E-state index in [-0.39, 0.29) is 5.91 Å². The van der Waals surface area contributed by atoms with Gasteiger partial charge in [0.25, 0.3) is 5.91 Å². The van der Waals surface area contributed by atoms with Gasteiger partial charge >= 0.3 is 0 Å². The minimum Gasteiger partial charge on any atom is -0.361 e. The van der Waals surface area contributed by atoms with Crippen LogP contribution in [0, 0.1) is 0 Å². The zero-order chi connectivity index (χ0) is 15.2. The van der Waals surface area contributed by atoms with Gasteiger partial charge < -0.3 is 15.6 Å². The van der Waals surface area contributed by atoms with E-state index in [9.17, 15) is 4.79 Å². The average Bonchev–Trinajstić information content (AvgIpc) is 2.94. The predicted molar refractivity (Wildman–Crippen MR) is 80.8 cm³/mol. The van der Waals surface area contributed by atoms with Gasteiger partial charge in [0.1, 0.15) is 5.76 Å². The second kappa shape index (κ2) is 7.04. The third-order valence-corrected chi connectivity index (χ3v) is 3.48. The Morgan fingerprint density at radius 2 is 1.95 bits per heavy atom. The summed E-state index contributed by atoms with van der Waals surface area (Å²) in [4.78, 5) is 12.1. The maximum absolute atomic E-state index is 12.1. The highest BCUT2D eigenvalue weighted by molar-refractivity contribution is 5.94. The van der Waals surface area contributed by atoms with Crippen molar-refractivity contribution >= 4 is 5.91 Å². The highest BCUT2D eigenvalue weighted by atomic mass is 16.5. The molecule has 0 fully saturated rings. The summed E-state index contributed by atoms with van der Waals surface area (Å²) in [5, 5.41) is 6.96. The molecule has 3 N–H and O–H groups in total. The number of amides is 1. The van der Waals surface area contributed by atoms with Crippen LogP contribution in [0.4, 0.5) is 0 Å². The highest BCUT2D eigenvalue weighted by Crippen LogP contribution is 2.15. The molecule has 0 saturated carbocycles. The first kappa shape index (κ1) is 15.3. The van der Waals surface area contributed by atoms with Crippen molar-refractivity contribution in [3.8, 4) is 0 Å². The van der Waals surface area contributed by atoms with Crippen LogP contribution in [0.5, 0.6) is 0 Å². The largest absolute Gasteiger partial charge is 0.361 e. The summed E-state index contributed by atoms with van der Waals surface area (Å²) in [7, 11) is 0. The van der Waals surface area contributed by atoms with Gasteiger partial charge in [-0.25, -0.2) is 0 Å². The van der Waals surface area contributed by atoms with Gasteiger partial charge in [0.05, 0.1) is 5.69 Å². The molecule has 1 heterocycles. The van der Waals surface area contributed by atoms with Gasteiger partial charge in [-0.2, -0.15) is 0 Å². The molecule has 0 saturated heterocycles. The Bertz CT molecular complexity index is 581. The lowest BCUT2D eigenvalue weighted by Crippen LogP contribution is -2.23. The molecule has 21 heavy (non-hydrogen) atoms. The summed E-state index contributed by atoms with van der Waals surface area (Å²) in [5.74, 6) is 0.731. The lowest BCUT2D eigenvalue weighted by atomic mass is 10.1. The van der Waals surface area contributed by atoms with Crippen molar-refractivity contribution in [3.63, 3.8) is 0 Å². The summed E-state index contributed by atoms with van der Waals surface area (Å²) in [6.07, 6.45) is 1.56.